The summed E-state index contributed by atoms with van der Waals surface area (Å²) < 4.78 is 64.8. The number of nitrogens with zero attached hydrogens (tertiary/aromatic N) is 2. The Labute approximate surface area is 168 Å². The lowest BCUT2D eigenvalue weighted by Crippen LogP contribution is -2.50. The molecule has 0 radical (unpaired) electrons. The summed E-state index contributed by atoms with van der Waals surface area (Å²) in [7, 11) is -3.87. The van der Waals surface area contributed by atoms with Gasteiger partial charge in [0.25, 0.3) is 0 Å². The van der Waals surface area contributed by atoms with Crippen molar-refractivity contribution in [2.24, 2.45) is 17.8 Å². The van der Waals surface area contributed by atoms with Crippen molar-refractivity contribution in [1.29, 1.82) is 0 Å². The maximum absolute atomic E-state index is 12.7. The minimum atomic E-state index is -4.51. The molecule has 3 fully saturated rings. The van der Waals surface area contributed by atoms with Crippen LogP contribution in [0.25, 0.3) is 0 Å². The highest BCUT2D eigenvalue weighted by Gasteiger charge is 2.41. The fraction of sp³-hybridized carbons (Fsp3) is 0.650. The van der Waals surface area contributed by atoms with Gasteiger partial charge in [-0.05, 0) is 61.3 Å². The molecule has 1 heterocycles. The molecule has 29 heavy (non-hydrogen) atoms. The Morgan fingerprint density at radius 2 is 1.66 bits per heavy atom. The molecule has 2 aliphatic carbocycles. The maximum Gasteiger partial charge on any atom is 0.416 e. The topological polar surface area (TPSA) is 57.7 Å². The van der Waals surface area contributed by atoms with Crippen molar-refractivity contribution in [1.82, 2.24) is 9.21 Å². The number of sulfonamides is 1. The molecule has 2 saturated carbocycles. The van der Waals surface area contributed by atoms with Crippen molar-refractivity contribution in [3.05, 3.63) is 29.8 Å². The third kappa shape index (κ3) is 4.17. The van der Waals surface area contributed by atoms with Crippen molar-refractivity contribution in [2.45, 2.75) is 43.2 Å². The zero-order valence-corrected chi connectivity index (χ0v) is 16.9. The van der Waals surface area contributed by atoms with Crippen molar-refractivity contribution in [3.8, 4) is 0 Å². The number of amides is 1. The Hall–Kier alpha value is -1.61. The molecule has 0 aromatic heterocycles. The van der Waals surface area contributed by atoms with Gasteiger partial charge in [0, 0.05) is 32.6 Å². The summed E-state index contributed by atoms with van der Waals surface area (Å²) >= 11 is 0. The van der Waals surface area contributed by atoms with E-state index >= 15 is 0 Å². The summed E-state index contributed by atoms with van der Waals surface area (Å²) in [4.78, 5) is 14.2. The van der Waals surface area contributed by atoms with Gasteiger partial charge in [0.05, 0.1) is 10.5 Å². The van der Waals surface area contributed by atoms with Crippen LogP contribution in [0.5, 0.6) is 0 Å². The van der Waals surface area contributed by atoms with Crippen LogP contribution in [-0.4, -0.2) is 49.7 Å². The first-order valence-corrected chi connectivity index (χ1v) is 11.5. The molecule has 3 atom stereocenters. The van der Waals surface area contributed by atoms with Crippen molar-refractivity contribution < 1.29 is 26.4 Å². The molecule has 1 aliphatic heterocycles. The molecule has 1 aromatic carbocycles. The molecule has 0 spiro atoms. The van der Waals surface area contributed by atoms with E-state index in [1.165, 1.54) is 23.6 Å². The average Bonchev–Trinajstić information content (AvgIpc) is 3.30. The van der Waals surface area contributed by atoms with E-state index in [0.29, 0.717) is 31.3 Å². The maximum atomic E-state index is 12.7. The van der Waals surface area contributed by atoms with Crippen LogP contribution in [0, 0.1) is 17.8 Å². The number of carbonyl (C=O) groups is 1. The summed E-state index contributed by atoms with van der Waals surface area (Å²) in [5, 5.41) is 0. The predicted molar refractivity (Wildman–Crippen MR) is 100 cm³/mol. The number of fused-ring (bicyclic) bond motifs is 2. The van der Waals surface area contributed by atoms with Gasteiger partial charge in [-0.1, -0.05) is 6.42 Å². The first-order valence-electron chi connectivity index (χ1n) is 10.1. The van der Waals surface area contributed by atoms with Crippen LogP contribution >= 0.6 is 0 Å². The SMILES string of the molecule is O=C(C[C@@H]1C[C@@H]2CC[C@@H]1C2)N1CCN(S(=O)(=O)c2ccc(C(F)(F)F)cc2)CC1. The van der Waals surface area contributed by atoms with E-state index in [-0.39, 0.29) is 23.9 Å². The predicted octanol–water partition coefficient (Wildman–Crippen LogP) is 3.36. The monoisotopic (exact) mass is 430 g/mol. The third-order valence-electron chi connectivity index (χ3n) is 6.73. The van der Waals surface area contributed by atoms with E-state index < -0.39 is 21.8 Å². The summed E-state index contributed by atoms with van der Waals surface area (Å²) in [6.45, 7) is 0.955. The zero-order valence-electron chi connectivity index (χ0n) is 16.1. The Balaban J connectivity index is 1.34. The van der Waals surface area contributed by atoms with E-state index in [2.05, 4.69) is 0 Å². The minimum absolute atomic E-state index is 0.0918. The molecule has 1 amide bonds. The van der Waals surface area contributed by atoms with Crippen LogP contribution in [0.15, 0.2) is 29.2 Å². The minimum Gasteiger partial charge on any atom is -0.340 e. The highest BCUT2D eigenvalue weighted by Crippen LogP contribution is 2.49. The quantitative estimate of drug-likeness (QED) is 0.736. The van der Waals surface area contributed by atoms with Crippen molar-refractivity contribution >= 4 is 15.9 Å². The van der Waals surface area contributed by atoms with Crippen molar-refractivity contribution in [3.63, 3.8) is 0 Å². The molecule has 5 nitrogen and oxygen atoms in total. The Morgan fingerprint density at radius 1 is 1.00 bits per heavy atom. The van der Waals surface area contributed by atoms with Gasteiger partial charge in [-0.3, -0.25) is 4.79 Å². The van der Waals surface area contributed by atoms with Crippen LogP contribution in [0.4, 0.5) is 13.2 Å². The fourth-order valence-corrected chi connectivity index (χ4v) is 6.54. The van der Waals surface area contributed by atoms with E-state index in [1.807, 2.05) is 0 Å². The van der Waals surface area contributed by atoms with Gasteiger partial charge in [0.1, 0.15) is 0 Å². The van der Waals surface area contributed by atoms with E-state index in [0.717, 1.165) is 36.6 Å². The molecular weight excluding hydrogens is 405 g/mol. The van der Waals surface area contributed by atoms with Crippen LogP contribution in [-0.2, 0) is 21.0 Å². The second-order valence-corrected chi connectivity index (χ2v) is 10.4. The number of halogens is 3. The highest BCUT2D eigenvalue weighted by atomic mass is 32.2. The molecule has 2 bridgehead atoms. The van der Waals surface area contributed by atoms with Crippen molar-refractivity contribution in [2.75, 3.05) is 26.2 Å². The molecule has 1 saturated heterocycles. The first kappa shape index (κ1) is 20.7. The Bertz CT molecular complexity index is 862. The third-order valence-corrected chi connectivity index (χ3v) is 8.64. The first-order chi connectivity index (χ1) is 13.6. The van der Waals surface area contributed by atoms with Crippen LogP contribution in [0.2, 0.25) is 0 Å². The Kier molecular flexibility index (Phi) is 5.40. The van der Waals surface area contributed by atoms with E-state index in [4.69, 9.17) is 0 Å². The van der Waals surface area contributed by atoms with Gasteiger partial charge in [-0.25, -0.2) is 8.42 Å². The van der Waals surface area contributed by atoms with Crippen LogP contribution in [0.3, 0.4) is 0 Å². The number of benzene rings is 1. The number of piperazine rings is 1. The molecule has 160 valence electrons. The Morgan fingerprint density at radius 3 is 2.17 bits per heavy atom. The average molecular weight is 430 g/mol. The normalized spacial score (nSPS) is 28.1. The molecule has 1 aromatic rings. The molecule has 0 unspecified atom stereocenters. The number of rotatable bonds is 4. The lowest BCUT2D eigenvalue weighted by atomic mass is 9.86. The molecule has 4 rings (SSSR count). The lowest BCUT2D eigenvalue weighted by Gasteiger charge is -2.35. The molecule has 3 aliphatic rings. The van der Waals surface area contributed by atoms with Gasteiger partial charge in [-0.15, -0.1) is 0 Å². The largest absolute Gasteiger partial charge is 0.416 e. The second-order valence-electron chi connectivity index (χ2n) is 8.45. The second kappa shape index (κ2) is 7.58. The summed E-state index contributed by atoms with van der Waals surface area (Å²) in [6.07, 6.45) is 0.938. The van der Waals surface area contributed by atoms with E-state index in [9.17, 15) is 26.4 Å². The molecular formula is C20H25F3N2O3S. The van der Waals surface area contributed by atoms with Crippen LogP contribution in [0.1, 0.15) is 37.7 Å². The number of alkyl halides is 3. The fourth-order valence-electron chi connectivity index (χ4n) is 5.12. The summed E-state index contributed by atoms with van der Waals surface area (Å²) in [5.41, 5.74) is -0.882. The highest BCUT2D eigenvalue weighted by molar-refractivity contribution is 7.89. The number of carbonyl (C=O) groups excluding carboxylic acids is 1. The van der Waals surface area contributed by atoms with Gasteiger partial charge in [0.15, 0.2) is 0 Å². The van der Waals surface area contributed by atoms with Gasteiger partial charge in [0.2, 0.25) is 15.9 Å². The molecule has 9 heteroatoms. The number of hydrogen-bond donors (Lipinski definition) is 0. The van der Waals surface area contributed by atoms with Crippen LogP contribution < -0.4 is 0 Å². The summed E-state index contributed by atoms with van der Waals surface area (Å²) in [5.74, 6) is 2.01. The number of hydrogen-bond acceptors (Lipinski definition) is 3. The van der Waals surface area contributed by atoms with Gasteiger partial charge < -0.3 is 4.90 Å². The zero-order chi connectivity index (χ0) is 20.8. The molecule has 0 N–H and O–H groups in total. The van der Waals surface area contributed by atoms with Gasteiger partial charge in [-0.2, -0.15) is 17.5 Å². The van der Waals surface area contributed by atoms with Gasteiger partial charge >= 0.3 is 6.18 Å². The standard InChI is InChI=1S/C20H25F3N2O3S/c21-20(22,23)17-3-5-18(6-4-17)29(27,28)25-9-7-24(8-10-25)19(26)13-16-12-14-1-2-15(16)11-14/h3-6,14-16H,1-2,7-13H2/t14-,15-,16+/m1/s1. The lowest BCUT2D eigenvalue weighted by molar-refractivity contribution is -0.137. The smallest absolute Gasteiger partial charge is 0.340 e. The summed E-state index contributed by atoms with van der Waals surface area (Å²) in [6, 6.07) is 3.54. The van der Waals surface area contributed by atoms with E-state index in [1.54, 1.807) is 4.90 Å².